The number of urea groups is 1. The predicted octanol–water partition coefficient (Wildman–Crippen LogP) is 5.14. The number of nitrogens with zero attached hydrogens (tertiary/aromatic N) is 4. The van der Waals surface area contributed by atoms with E-state index in [4.69, 9.17) is 9.47 Å². The van der Waals surface area contributed by atoms with E-state index in [-0.39, 0.29) is 50.7 Å². The fourth-order valence-corrected chi connectivity index (χ4v) is 6.15. The Labute approximate surface area is 284 Å². The number of unbranched alkanes of at least 4 members (excludes halogenated alkanes) is 1. The number of anilines is 1. The normalized spacial score (nSPS) is 20.1. The van der Waals surface area contributed by atoms with E-state index in [1.54, 1.807) is 24.8 Å². The number of pyridine rings is 1. The lowest BCUT2D eigenvalue weighted by atomic mass is 9.89. The molecule has 1 N–H and O–H groups in total. The number of amides is 4. The van der Waals surface area contributed by atoms with Crippen molar-refractivity contribution in [1.82, 2.24) is 20.1 Å². The van der Waals surface area contributed by atoms with E-state index in [0.29, 0.717) is 30.0 Å². The number of nitrogens with one attached hydrogen (secondary N) is 1. The van der Waals surface area contributed by atoms with Gasteiger partial charge < -0.3 is 29.3 Å². The molecule has 4 amide bonds. The summed E-state index contributed by atoms with van der Waals surface area (Å²) in [7, 11) is 0. The van der Waals surface area contributed by atoms with Crippen molar-refractivity contribution in [2.45, 2.75) is 57.1 Å². The quantitative estimate of drug-likeness (QED) is 0.205. The van der Waals surface area contributed by atoms with Crippen LogP contribution in [-0.4, -0.2) is 97.5 Å². The molecule has 11 nitrogen and oxygen atoms in total. The van der Waals surface area contributed by atoms with Gasteiger partial charge in [-0.1, -0.05) is 31.6 Å². The van der Waals surface area contributed by atoms with Crippen LogP contribution in [0.3, 0.4) is 0 Å². The van der Waals surface area contributed by atoms with E-state index in [2.05, 4.69) is 15.0 Å². The van der Waals surface area contributed by atoms with Crippen LogP contribution in [0.2, 0.25) is 0 Å². The zero-order valence-electron chi connectivity index (χ0n) is 27.6. The van der Waals surface area contributed by atoms with Gasteiger partial charge >= 0.3 is 18.4 Å². The Balaban J connectivity index is 1.29. The maximum atomic E-state index is 14.3. The van der Waals surface area contributed by atoms with E-state index < -0.39 is 60.1 Å². The number of carbonyl (C=O) groups is 3. The molecule has 0 bridgehead atoms. The molecule has 0 aliphatic carbocycles. The average Bonchev–Trinajstić information content (AvgIpc) is 3.29. The molecule has 50 heavy (non-hydrogen) atoms. The summed E-state index contributed by atoms with van der Waals surface area (Å²) in [6, 6.07) is 3.58. The molecular weight excluding hydrogens is 676 g/mol. The van der Waals surface area contributed by atoms with Crippen molar-refractivity contribution >= 4 is 29.6 Å². The molecule has 1 atom stereocenters. The van der Waals surface area contributed by atoms with Gasteiger partial charge in [0.1, 0.15) is 25.3 Å². The van der Waals surface area contributed by atoms with Gasteiger partial charge in [0.2, 0.25) is 5.91 Å². The van der Waals surface area contributed by atoms with Gasteiger partial charge in [-0.3, -0.25) is 14.5 Å². The molecule has 1 aromatic heterocycles. The molecule has 0 radical (unpaired) electrons. The number of aromatic nitrogens is 1. The average molecular weight is 714 g/mol. The van der Waals surface area contributed by atoms with E-state index in [0.717, 1.165) is 17.0 Å². The lowest BCUT2D eigenvalue weighted by molar-refractivity contribution is -0.389. The Kier molecular flexibility index (Phi) is 10.3. The number of fused-ring (bicyclic) bond motifs is 1. The van der Waals surface area contributed by atoms with Crippen molar-refractivity contribution in [3.8, 4) is 11.6 Å². The number of ether oxygens (including phenoxy) is 3. The first-order valence-electron chi connectivity index (χ1n) is 16.0. The fraction of sp³-hybridized carbons (Fsp3) is 0.515. The summed E-state index contributed by atoms with van der Waals surface area (Å²) >= 11 is 0. The van der Waals surface area contributed by atoms with Gasteiger partial charge in [-0.05, 0) is 44.0 Å². The summed E-state index contributed by atoms with van der Waals surface area (Å²) in [6.45, 7) is 4.57. The lowest BCUT2D eigenvalue weighted by Gasteiger charge is -2.39. The van der Waals surface area contributed by atoms with Gasteiger partial charge in [-0.15, -0.1) is 0 Å². The van der Waals surface area contributed by atoms with E-state index in [1.807, 2.05) is 0 Å². The number of allylic oxidation sites excluding steroid dienone is 1. The second kappa shape index (κ2) is 14.0. The molecule has 2 aromatic rings. The van der Waals surface area contributed by atoms with Crippen molar-refractivity contribution in [3.63, 3.8) is 0 Å². The Bertz CT molecular complexity index is 1630. The summed E-state index contributed by atoms with van der Waals surface area (Å²) < 4.78 is 101. The number of hydrogen-bond acceptors (Lipinski definition) is 8. The molecule has 1 unspecified atom stereocenters. The number of imide groups is 1. The fourth-order valence-electron chi connectivity index (χ4n) is 6.15. The Morgan fingerprint density at radius 1 is 1.04 bits per heavy atom. The minimum Gasteiger partial charge on any atom is -0.484 e. The van der Waals surface area contributed by atoms with Crippen molar-refractivity contribution in [1.29, 1.82) is 0 Å². The highest BCUT2D eigenvalue weighted by molar-refractivity contribution is 6.09. The molecule has 3 aliphatic rings. The van der Waals surface area contributed by atoms with Crippen molar-refractivity contribution < 1.29 is 54.9 Å². The second-order valence-electron chi connectivity index (χ2n) is 12.2. The predicted molar refractivity (Wildman–Crippen MR) is 167 cm³/mol. The van der Waals surface area contributed by atoms with Crippen molar-refractivity contribution in [2.24, 2.45) is 0 Å². The van der Waals surface area contributed by atoms with Gasteiger partial charge in [-0.25, -0.2) is 9.78 Å². The molecule has 5 rings (SSSR count). The molecule has 0 saturated carbocycles. The van der Waals surface area contributed by atoms with Crippen LogP contribution in [0, 0.1) is 0 Å². The Hall–Kier alpha value is -4.54. The van der Waals surface area contributed by atoms with Gasteiger partial charge in [0, 0.05) is 55.8 Å². The monoisotopic (exact) mass is 713 g/mol. The standard InChI is InChI=1S/C33H37F6N5O6/c1-4-6-14-50-31(32(34,35)36,33(37,38)39)22-8-9-24(21(17-22)7-5-2)42-10-12-43(13-11-42)26(45)20-44-28(46)30(3,41-29(44)47)23-18-25-27(40-19-23)49-16-15-48-25/h5,7-9,17-19H,4,6,10-16,20H2,1-3H3,(H,41,47). The van der Waals surface area contributed by atoms with Gasteiger partial charge in [0.25, 0.3) is 17.4 Å². The third-order valence-corrected chi connectivity index (χ3v) is 8.91. The number of alkyl halides is 6. The zero-order valence-corrected chi connectivity index (χ0v) is 27.6. The second-order valence-corrected chi connectivity index (χ2v) is 12.2. The van der Waals surface area contributed by atoms with Gasteiger partial charge in [0.05, 0.1) is 0 Å². The maximum Gasteiger partial charge on any atom is 0.430 e. The number of piperazine rings is 1. The minimum atomic E-state index is -5.80. The van der Waals surface area contributed by atoms with Crippen LogP contribution in [-0.2, 0) is 25.5 Å². The zero-order chi connectivity index (χ0) is 36.5. The third-order valence-electron chi connectivity index (χ3n) is 8.91. The maximum absolute atomic E-state index is 14.3. The molecular formula is C33H37F6N5O6. The van der Waals surface area contributed by atoms with Crippen LogP contribution in [0.1, 0.15) is 50.3 Å². The van der Waals surface area contributed by atoms with E-state index >= 15 is 0 Å². The summed E-state index contributed by atoms with van der Waals surface area (Å²) in [4.78, 5) is 47.8. The van der Waals surface area contributed by atoms with Crippen LogP contribution in [0.5, 0.6) is 11.6 Å². The first kappa shape index (κ1) is 36.7. The first-order valence-corrected chi connectivity index (χ1v) is 16.0. The first-order chi connectivity index (χ1) is 23.6. The van der Waals surface area contributed by atoms with E-state index in [9.17, 15) is 40.7 Å². The highest BCUT2D eigenvalue weighted by Gasteiger charge is 2.73. The SMILES string of the molecule is CC=Cc1cc(C(OCCCC)(C(F)(F)F)C(F)(F)F)ccc1N1CCN(C(=O)CN2C(=O)NC(C)(c3cnc4c(c3)OCCO4)C2=O)CC1. The van der Waals surface area contributed by atoms with Crippen molar-refractivity contribution in [3.05, 3.63) is 53.2 Å². The molecule has 3 aliphatic heterocycles. The summed E-state index contributed by atoms with van der Waals surface area (Å²) in [5.41, 5.74) is -6.33. The largest absolute Gasteiger partial charge is 0.484 e. The summed E-state index contributed by atoms with van der Waals surface area (Å²) in [6.07, 6.45) is -6.97. The summed E-state index contributed by atoms with van der Waals surface area (Å²) in [5.74, 6) is -0.618. The summed E-state index contributed by atoms with van der Waals surface area (Å²) in [5, 5.41) is 2.62. The molecule has 4 heterocycles. The number of hydrogen-bond donors (Lipinski definition) is 1. The van der Waals surface area contributed by atoms with Crippen LogP contribution in [0.15, 0.2) is 36.5 Å². The number of halogens is 6. The number of benzene rings is 1. The molecule has 1 aromatic carbocycles. The number of rotatable bonds is 10. The van der Waals surface area contributed by atoms with Crippen LogP contribution in [0.4, 0.5) is 36.8 Å². The smallest absolute Gasteiger partial charge is 0.430 e. The molecule has 2 saturated heterocycles. The number of carbonyl (C=O) groups excluding carboxylic acids is 3. The van der Waals surface area contributed by atoms with Gasteiger partial charge in [0.15, 0.2) is 5.75 Å². The highest BCUT2D eigenvalue weighted by atomic mass is 19.4. The minimum absolute atomic E-state index is 0.00396. The van der Waals surface area contributed by atoms with Gasteiger partial charge in [-0.2, -0.15) is 26.3 Å². The van der Waals surface area contributed by atoms with Crippen LogP contribution < -0.4 is 19.7 Å². The lowest BCUT2D eigenvalue weighted by Crippen LogP contribution is -2.56. The highest BCUT2D eigenvalue weighted by Crippen LogP contribution is 2.53. The van der Waals surface area contributed by atoms with E-state index in [1.165, 1.54) is 36.2 Å². The van der Waals surface area contributed by atoms with Crippen molar-refractivity contribution in [2.75, 3.05) is 57.4 Å². The van der Waals surface area contributed by atoms with Crippen LogP contribution >= 0.6 is 0 Å². The molecule has 272 valence electrons. The Morgan fingerprint density at radius 2 is 1.72 bits per heavy atom. The Morgan fingerprint density at radius 3 is 2.36 bits per heavy atom. The molecule has 2 fully saturated rings. The topological polar surface area (TPSA) is 114 Å². The third kappa shape index (κ3) is 6.66. The van der Waals surface area contributed by atoms with Crippen LogP contribution in [0.25, 0.3) is 6.08 Å². The molecule has 0 spiro atoms. The molecule has 17 heteroatoms.